The summed E-state index contributed by atoms with van der Waals surface area (Å²) < 4.78 is 4.50. The predicted octanol–water partition coefficient (Wildman–Crippen LogP) is -0.809. The van der Waals surface area contributed by atoms with E-state index in [1.165, 1.54) is 0 Å². The van der Waals surface area contributed by atoms with Crippen molar-refractivity contribution in [3.8, 4) is 0 Å². The average Bonchev–Trinajstić information content (AvgIpc) is 1.61. The monoisotopic (exact) mass is 244 g/mol. The standard InChI is InChI=1S/C4H8O3.Ba.2H/c1-2-7-3-4(5)6;;;/h2-3H2,1H3,(H,5,6);;;. The molecule has 0 aliphatic rings. The molecule has 0 saturated carbocycles. The van der Waals surface area contributed by atoms with Crippen molar-refractivity contribution >= 4 is 54.9 Å². The van der Waals surface area contributed by atoms with Crippen molar-refractivity contribution < 1.29 is 14.6 Å². The number of hydrogen-bond donors (Lipinski definition) is 1. The van der Waals surface area contributed by atoms with E-state index in [1.807, 2.05) is 0 Å². The third-order valence-corrected chi connectivity index (χ3v) is 0.430. The number of carboxylic acid groups (broad SMARTS) is 1. The first-order chi connectivity index (χ1) is 3.27. The van der Waals surface area contributed by atoms with Crippen molar-refractivity contribution in [2.45, 2.75) is 6.92 Å². The maximum absolute atomic E-state index is 9.63. The molecule has 1 N–H and O–H groups in total. The summed E-state index contributed by atoms with van der Waals surface area (Å²) in [5.41, 5.74) is 0. The van der Waals surface area contributed by atoms with Crippen molar-refractivity contribution in [3.05, 3.63) is 0 Å². The molecule has 0 aromatic rings. The van der Waals surface area contributed by atoms with E-state index in [9.17, 15) is 4.79 Å². The molecule has 4 heteroatoms. The van der Waals surface area contributed by atoms with Crippen LogP contribution in [0.4, 0.5) is 0 Å². The molecule has 0 rings (SSSR count). The van der Waals surface area contributed by atoms with Crippen LogP contribution < -0.4 is 0 Å². The minimum absolute atomic E-state index is 0. The minimum atomic E-state index is -0.915. The van der Waals surface area contributed by atoms with Gasteiger partial charge < -0.3 is 9.84 Å². The average molecular weight is 243 g/mol. The number of carboxylic acids is 1. The summed E-state index contributed by atoms with van der Waals surface area (Å²) in [5, 5.41) is 7.92. The van der Waals surface area contributed by atoms with Crippen molar-refractivity contribution in [3.63, 3.8) is 0 Å². The maximum atomic E-state index is 9.63. The Hall–Kier alpha value is 1.00. The molecule has 0 bridgehead atoms. The van der Waals surface area contributed by atoms with E-state index in [0.717, 1.165) is 0 Å². The van der Waals surface area contributed by atoms with Gasteiger partial charge in [0, 0.05) is 6.61 Å². The van der Waals surface area contributed by atoms with Gasteiger partial charge in [-0.05, 0) is 6.92 Å². The van der Waals surface area contributed by atoms with E-state index in [2.05, 4.69) is 4.74 Å². The SMILES string of the molecule is CCOCC(=O)O.[BaH2]. The van der Waals surface area contributed by atoms with Crippen molar-refractivity contribution in [2.24, 2.45) is 0 Å². The van der Waals surface area contributed by atoms with Gasteiger partial charge in [0.2, 0.25) is 0 Å². The molecular formula is C4H10BaO3. The Balaban J connectivity index is 0. The van der Waals surface area contributed by atoms with Crippen LogP contribution in [0.1, 0.15) is 6.92 Å². The van der Waals surface area contributed by atoms with Crippen LogP contribution in [0.3, 0.4) is 0 Å². The first kappa shape index (κ1) is 11.8. The molecule has 0 atom stereocenters. The second kappa shape index (κ2) is 8.00. The molecule has 0 spiro atoms. The van der Waals surface area contributed by atoms with Gasteiger partial charge in [0.05, 0.1) is 0 Å². The van der Waals surface area contributed by atoms with E-state index in [1.54, 1.807) is 6.92 Å². The van der Waals surface area contributed by atoms with E-state index in [-0.39, 0.29) is 55.5 Å². The summed E-state index contributed by atoms with van der Waals surface area (Å²) in [5.74, 6) is -0.915. The van der Waals surface area contributed by atoms with Crippen LogP contribution >= 0.6 is 0 Å². The topological polar surface area (TPSA) is 46.5 Å². The van der Waals surface area contributed by atoms with Gasteiger partial charge in [-0.1, -0.05) is 0 Å². The molecule has 0 amide bonds. The van der Waals surface area contributed by atoms with Gasteiger partial charge in [0.1, 0.15) is 6.61 Å². The Morgan fingerprint density at radius 2 is 2.25 bits per heavy atom. The molecule has 0 aromatic heterocycles. The Morgan fingerprint density at radius 1 is 1.75 bits per heavy atom. The fourth-order valence-electron chi connectivity index (χ4n) is 0.189. The van der Waals surface area contributed by atoms with Gasteiger partial charge in [-0.2, -0.15) is 0 Å². The fourth-order valence-corrected chi connectivity index (χ4v) is 0.189. The molecule has 8 heavy (non-hydrogen) atoms. The molecule has 3 nitrogen and oxygen atoms in total. The Morgan fingerprint density at radius 3 is 2.38 bits per heavy atom. The van der Waals surface area contributed by atoms with Gasteiger partial charge >= 0.3 is 54.9 Å². The van der Waals surface area contributed by atoms with Crippen LogP contribution in [0.25, 0.3) is 0 Å². The third-order valence-electron chi connectivity index (χ3n) is 0.430. The normalized spacial score (nSPS) is 7.62. The van der Waals surface area contributed by atoms with Crippen molar-refractivity contribution in [1.29, 1.82) is 0 Å². The van der Waals surface area contributed by atoms with E-state index in [0.29, 0.717) is 6.61 Å². The number of ether oxygens (including phenoxy) is 1. The first-order valence-electron chi connectivity index (χ1n) is 2.07. The van der Waals surface area contributed by atoms with Crippen molar-refractivity contribution in [1.82, 2.24) is 0 Å². The zero-order chi connectivity index (χ0) is 5.70. The fraction of sp³-hybridized carbons (Fsp3) is 0.750. The van der Waals surface area contributed by atoms with Gasteiger partial charge in [0.25, 0.3) is 0 Å². The molecule has 0 fully saturated rings. The number of aliphatic carboxylic acids is 1. The third kappa shape index (κ3) is 10.1. The first-order valence-corrected chi connectivity index (χ1v) is 2.07. The number of hydrogen-bond acceptors (Lipinski definition) is 2. The summed E-state index contributed by atoms with van der Waals surface area (Å²) in [7, 11) is 0. The molecule has 0 heterocycles. The van der Waals surface area contributed by atoms with Crippen LogP contribution in [0.5, 0.6) is 0 Å². The van der Waals surface area contributed by atoms with Gasteiger partial charge in [-0.3, -0.25) is 0 Å². The van der Waals surface area contributed by atoms with Gasteiger partial charge in [-0.15, -0.1) is 0 Å². The zero-order valence-corrected chi connectivity index (χ0v) is 4.18. The summed E-state index contributed by atoms with van der Waals surface area (Å²) in [4.78, 5) is 9.63. The molecular weight excluding hydrogens is 233 g/mol. The van der Waals surface area contributed by atoms with Crippen LogP contribution in [-0.4, -0.2) is 73.2 Å². The number of carbonyl (C=O) groups is 1. The van der Waals surface area contributed by atoms with E-state index >= 15 is 0 Å². The predicted molar refractivity (Wildman–Crippen MR) is 32.7 cm³/mol. The van der Waals surface area contributed by atoms with Crippen molar-refractivity contribution in [2.75, 3.05) is 13.2 Å². The molecule has 0 aromatic carbocycles. The van der Waals surface area contributed by atoms with Gasteiger partial charge in [0.15, 0.2) is 0 Å². The summed E-state index contributed by atoms with van der Waals surface area (Å²) in [6.45, 7) is 2.03. The van der Waals surface area contributed by atoms with E-state index in [4.69, 9.17) is 5.11 Å². The second-order valence-corrected chi connectivity index (χ2v) is 1.03. The Kier molecular flexibility index (Phi) is 11.8. The molecule has 0 aliphatic carbocycles. The molecule has 0 saturated heterocycles. The van der Waals surface area contributed by atoms with Gasteiger partial charge in [-0.25, -0.2) is 4.79 Å². The second-order valence-electron chi connectivity index (χ2n) is 1.03. The van der Waals surface area contributed by atoms with Crippen LogP contribution in [0.2, 0.25) is 0 Å². The number of rotatable bonds is 3. The molecule has 0 unspecified atom stereocenters. The molecule has 0 aliphatic heterocycles. The van der Waals surface area contributed by atoms with Crippen LogP contribution in [0.15, 0.2) is 0 Å². The zero-order valence-electron chi connectivity index (χ0n) is 4.18. The molecule has 0 radical (unpaired) electrons. The van der Waals surface area contributed by atoms with Crippen LogP contribution in [0, 0.1) is 0 Å². The van der Waals surface area contributed by atoms with E-state index < -0.39 is 5.97 Å². The molecule has 46 valence electrons. The Labute approximate surface area is 88.5 Å². The Bertz CT molecular complexity index is 64.3. The summed E-state index contributed by atoms with van der Waals surface area (Å²) in [6, 6.07) is 0. The quantitative estimate of drug-likeness (QED) is 0.660. The van der Waals surface area contributed by atoms with Crippen LogP contribution in [-0.2, 0) is 9.53 Å². The summed E-state index contributed by atoms with van der Waals surface area (Å²) >= 11 is 0. The summed E-state index contributed by atoms with van der Waals surface area (Å²) in [6.07, 6.45) is 0.